The van der Waals surface area contributed by atoms with Crippen LogP contribution in [0.1, 0.15) is 55.9 Å². The molecule has 154 valence electrons. The monoisotopic (exact) mass is 404 g/mol. The number of hydrogen-bond acceptors (Lipinski definition) is 5. The molecular weight excluding hydrogens is 372 g/mol. The van der Waals surface area contributed by atoms with E-state index in [1.807, 2.05) is 6.07 Å². The molecule has 1 unspecified atom stereocenters. The fourth-order valence-corrected chi connectivity index (χ4v) is 5.78. The van der Waals surface area contributed by atoms with Gasteiger partial charge in [0.15, 0.2) is 11.5 Å². The van der Waals surface area contributed by atoms with Gasteiger partial charge in [0.1, 0.15) is 5.37 Å². The third kappa shape index (κ3) is 4.60. The number of benzene rings is 1. The topological polar surface area (TPSA) is 42.0 Å². The molecule has 2 aliphatic heterocycles. The second-order valence-electron chi connectivity index (χ2n) is 8.09. The highest BCUT2D eigenvalue weighted by atomic mass is 32.2. The van der Waals surface area contributed by atoms with E-state index in [0.717, 1.165) is 49.4 Å². The van der Waals surface area contributed by atoms with Gasteiger partial charge in [-0.05, 0) is 82.3 Å². The van der Waals surface area contributed by atoms with E-state index in [1.54, 1.807) is 18.9 Å². The highest BCUT2D eigenvalue weighted by molar-refractivity contribution is 8.00. The molecule has 28 heavy (non-hydrogen) atoms. The average molecular weight is 405 g/mol. The summed E-state index contributed by atoms with van der Waals surface area (Å²) in [5.74, 6) is 2.43. The van der Waals surface area contributed by atoms with Crippen molar-refractivity contribution in [2.75, 3.05) is 39.0 Å². The van der Waals surface area contributed by atoms with Crippen LogP contribution in [-0.2, 0) is 4.79 Å². The number of thioether (sulfide) groups is 1. The van der Waals surface area contributed by atoms with E-state index in [0.29, 0.717) is 11.9 Å². The summed E-state index contributed by atoms with van der Waals surface area (Å²) in [5, 5.41) is 0.0860. The van der Waals surface area contributed by atoms with Crippen LogP contribution in [0.25, 0.3) is 0 Å². The summed E-state index contributed by atoms with van der Waals surface area (Å²) >= 11 is 1.73. The molecule has 1 atom stereocenters. The number of methoxy groups -OCH3 is 1. The summed E-state index contributed by atoms with van der Waals surface area (Å²) in [5.41, 5.74) is 1.14. The zero-order valence-corrected chi connectivity index (χ0v) is 17.7. The van der Waals surface area contributed by atoms with Crippen molar-refractivity contribution in [2.24, 2.45) is 0 Å². The Balaban J connectivity index is 1.43. The first-order valence-corrected chi connectivity index (χ1v) is 11.8. The molecule has 4 rings (SSSR count). The Kier molecular flexibility index (Phi) is 6.68. The van der Waals surface area contributed by atoms with Crippen molar-refractivity contribution >= 4 is 17.7 Å². The zero-order chi connectivity index (χ0) is 19.3. The number of ether oxygens (including phenoxy) is 2. The Bertz CT molecular complexity index is 672. The molecular formula is C22H32N2O3S. The Morgan fingerprint density at radius 2 is 1.86 bits per heavy atom. The van der Waals surface area contributed by atoms with Crippen molar-refractivity contribution < 1.29 is 14.3 Å². The fourth-order valence-electron chi connectivity index (χ4n) is 4.57. The number of amides is 1. The predicted molar refractivity (Wildman–Crippen MR) is 113 cm³/mol. The lowest BCUT2D eigenvalue weighted by atomic mass is 10.1. The highest BCUT2D eigenvalue weighted by Crippen LogP contribution is 2.42. The first kappa shape index (κ1) is 19.9. The molecule has 0 N–H and O–H groups in total. The molecule has 1 amide bonds. The van der Waals surface area contributed by atoms with Crippen molar-refractivity contribution in [1.82, 2.24) is 9.80 Å². The Hall–Kier alpha value is -1.40. The van der Waals surface area contributed by atoms with E-state index < -0.39 is 0 Å². The third-order valence-electron chi connectivity index (χ3n) is 6.11. The van der Waals surface area contributed by atoms with E-state index in [9.17, 15) is 4.79 Å². The molecule has 2 saturated heterocycles. The molecule has 2 heterocycles. The molecule has 0 bridgehead atoms. The summed E-state index contributed by atoms with van der Waals surface area (Å²) in [7, 11) is 1.69. The highest BCUT2D eigenvalue weighted by Gasteiger charge is 2.33. The summed E-state index contributed by atoms with van der Waals surface area (Å²) < 4.78 is 11.8. The molecule has 3 fully saturated rings. The van der Waals surface area contributed by atoms with Crippen LogP contribution in [0.15, 0.2) is 18.2 Å². The Morgan fingerprint density at radius 1 is 1.07 bits per heavy atom. The smallest absolute Gasteiger partial charge is 0.233 e. The summed E-state index contributed by atoms with van der Waals surface area (Å²) in [6.07, 6.45) is 8.69. The maximum absolute atomic E-state index is 12.5. The van der Waals surface area contributed by atoms with Gasteiger partial charge in [0.2, 0.25) is 5.91 Å². The van der Waals surface area contributed by atoms with Crippen LogP contribution in [0, 0.1) is 0 Å². The minimum absolute atomic E-state index is 0.0860. The van der Waals surface area contributed by atoms with Gasteiger partial charge in [-0.3, -0.25) is 4.79 Å². The standard InChI is InChI=1S/C22H32N2O3S/c1-26-19-10-9-17(15-20(19)27-18-7-2-3-8-18)22-24(21(25)16-28-22)14-6-13-23-11-4-5-12-23/h9-10,15,18,22H,2-8,11-14,16H2,1H3. The first-order valence-electron chi connectivity index (χ1n) is 10.7. The van der Waals surface area contributed by atoms with Gasteiger partial charge >= 0.3 is 0 Å². The molecule has 3 aliphatic rings. The van der Waals surface area contributed by atoms with Gasteiger partial charge in [0, 0.05) is 6.54 Å². The fraction of sp³-hybridized carbons (Fsp3) is 0.682. The number of nitrogens with zero attached hydrogens (tertiary/aromatic N) is 2. The summed E-state index contributed by atoms with van der Waals surface area (Å²) in [6, 6.07) is 6.18. The lowest BCUT2D eigenvalue weighted by molar-refractivity contribution is -0.128. The minimum Gasteiger partial charge on any atom is -0.493 e. The van der Waals surface area contributed by atoms with Crippen molar-refractivity contribution in [3.63, 3.8) is 0 Å². The van der Waals surface area contributed by atoms with Crippen LogP contribution in [0.2, 0.25) is 0 Å². The molecule has 0 aromatic heterocycles. The van der Waals surface area contributed by atoms with Gasteiger partial charge in [-0.1, -0.05) is 6.07 Å². The number of carbonyl (C=O) groups is 1. The van der Waals surface area contributed by atoms with E-state index >= 15 is 0 Å². The number of carbonyl (C=O) groups excluding carboxylic acids is 1. The van der Waals surface area contributed by atoms with Crippen LogP contribution >= 0.6 is 11.8 Å². The molecule has 0 radical (unpaired) electrons. The summed E-state index contributed by atoms with van der Waals surface area (Å²) in [6.45, 7) is 4.36. The van der Waals surface area contributed by atoms with Crippen LogP contribution in [-0.4, -0.2) is 60.9 Å². The van der Waals surface area contributed by atoms with Crippen LogP contribution in [0.3, 0.4) is 0 Å². The second kappa shape index (κ2) is 9.40. The van der Waals surface area contributed by atoms with Crippen molar-refractivity contribution in [2.45, 2.75) is 56.4 Å². The summed E-state index contributed by atoms with van der Waals surface area (Å²) in [4.78, 5) is 17.1. The van der Waals surface area contributed by atoms with Crippen molar-refractivity contribution in [3.05, 3.63) is 23.8 Å². The van der Waals surface area contributed by atoms with Crippen LogP contribution in [0.4, 0.5) is 0 Å². The Labute approximate surface area is 172 Å². The zero-order valence-electron chi connectivity index (χ0n) is 16.9. The molecule has 1 aromatic rings. The van der Waals surface area contributed by atoms with E-state index in [2.05, 4.69) is 21.9 Å². The van der Waals surface area contributed by atoms with Gasteiger partial charge in [0.05, 0.1) is 19.0 Å². The van der Waals surface area contributed by atoms with E-state index in [-0.39, 0.29) is 11.3 Å². The second-order valence-corrected chi connectivity index (χ2v) is 9.16. The van der Waals surface area contributed by atoms with E-state index in [4.69, 9.17) is 9.47 Å². The predicted octanol–water partition coefficient (Wildman–Crippen LogP) is 4.08. The van der Waals surface area contributed by atoms with Crippen molar-refractivity contribution in [3.8, 4) is 11.5 Å². The molecule has 1 saturated carbocycles. The largest absolute Gasteiger partial charge is 0.493 e. The van der Waals surface area contributed by atoms with Gasteiger partial charge in [-0.25, -0.2) is 0 Å². The minimum atomic E-state index is 0.0860. The molecule has 6 heteroatoms. The van der Waals surface area contributed by atoms with Gasteiger partial charge in [-0.2, -0.15) is 0 Å². The lowest BCUT2D eigenvalue weighted by Crippen LogP contribution is -2.32. The lowest BCUT2D eigenvalue weighted by Gasteiger charge is -2.26. The molecule has 5 nitrogen and oxygen atoms in total. The van der Waals surface area contributed by atoms with Crippen molar-refractivity contribution in [1.29, 1.82) is 0 Å². The number of likely N-dealkylation sites (tertiary alicyclic amines) is 1. The van der Waals surface area contributed by atoms with Gasteiger partial charge in [-0.15, -0.1) is 11.8 Å². The maximum Gasteiger partial charge on any atom is 0.233 e. The van der Waals surface area contributed by atoms with Crippen LogP contribution < -0.4 is 9.47 Å². The first-order chi connectivity index (χ1) is 13.7. The molecule has 0 spiro atoms. The number of hydrogen-bond donors (Lipinski definition) is 0. The number of rotatable bonds is 8. The van der Waals surface area contributed by atoms with Gasteiger partial charge < -0.3 is 19.3 Å². The molecule has 1 aliphatic carbocycles. The molecule has 1 aromatic carbocycles. The quantitative estimate of drug-likeness (QED) is 0.653. The Morgan fingerprint density at radius 3 is 2.61 bits per heavy atom. The maximum atomic E-state index is 12.5. The van der Waals surface area contributed by atoms with E-state index in [1.165, 1.54) is 38.8 Å². The normalized spacial score (nSPS) is 23.7. The third-order valence-corrected chi connectivity index (χ3v) is 7.36. The average Bonchev–Trinajstić information content (AvgIpc) is 3.46. The van der Waals surface area contributed by atoms with Gasteiger partial charge in [0.25, 0.3) is 0 Å². The SMILES string of the molecule is COc1ccc(C2SCC(=O)N2CCCN2CCCC2)cc1OC1CCCC1. The van der Waals surface area contributed by atoms with Crippen LogP contribution in [0.5, 0.6) is 11.5 Å².